The quantitative estimate of drug-likeness (QED) is 0.391. The van der Waals surface area contributed by atoms with Crippen molar-refractivity contribution in [1.29, 1.82) is 0 Å². The Morgan fingerprint density at radius 3 is 1.56 bits per heavy atom. The summed E-state index contributed by atoms with van der Waals surface area (Å²) in [5.74, 6) is -0.167. The summed E-state index contributed by atoms with van der Waals surface area (Å²) < 4.78 is 0. The standard InChI is InChI=1S/C27H33N5O4/c33-22-5-9-31(10-6-22)16-26(35)28-20-3-1-18-13-19-2-4-21(15-25(19)30-24(18)14-20)29-27(36)17-32-11-7-23(34)8-12-32/h1-4,13-15,22-23,33-34H,5-12,16-17H2,(H,28,35)(H,29,36). The summed E-state index contributed by atoms with van der Waals surface area (Å²) in [5.41, 5.74) is 2.90. The maximum atomic E-state index is 12.5. The van der Waals surface area contributed by atoms with Gasteiger partial charge in [-0.15, -0.1) is 0 Å². The summed E-state index contributed by atoms with van der Waals surface area (Å²) >= 11 is 0. The SMILES string of the molecule is O=C(CN1CCC(O)CC1)Nc1ccc2cc3ccc(NC(=O)CN4CCC(O)CC4)cc3nc2c1. The number of likely N-dealkylation sites (tertiary alicyclic amines) is 2. The van der Waals surface area contributed by atoms with Crippen molar-refractivity contribution in [3.05, 3.63) is 42.5 Å². The minimum absolute atomic E-state index is 0.0836. The summed E-state index contributed by atoms with van der Waals surface area (Å²) in [4.78, 5) is 33.9. The minimum atomic E-state index is -0.260. The largest absolute Gasteiger partial charge is 0.393 e. The molecule has 0 aliphatic carbocycles. The van der Waals surface area contributed by atoms with Crippen LogP contribution in [0.4, 0.5) is 11.4 Å². The van der Waals surface area contributed by atoms with Crippen molar-refractivity contribution >= 4 is 45.0 Å². The van der Waals surface area contributed by atoms with Gasteiger partial charge in [0.25, 0.3) is 0 Å². The van der Waals surface area contributed by atoms with E-state index >= 15 is 0 Å². The second-order valence-electron chi connectivity index (χ2n) is 9.91. The smallest absolute Gasteiger partial charge is 0.238 e. The van der Waals surface area contributed by atoms with Gasteiger partial charge in [-0.25, -0.2) is 4.98 Å². The number of hydrogen-bond acceptors (Lipinski definition) is 7. The summed E-state index contributed by atoms with van der Waals surface area (Å²) in [5, 5.41) is 27.1. The Morgan fingerprint density at radius 2 is 1.14 bits per heavy atom. The number of fused-ring (bicyclic) bond motifs is 2. The molecule has 3 heterocycles. The number of amides is 2. The Kier molecular flexibility index (Phi) is 7.43. The van der Waals surface area contributed by atoms with Crippen LogP contribution in [-0.2, 0) is 9.59 Å². The van der Waals surface area contributed by atoms with Crippen molar-refractivity contribution in [2.24, 2.45) is 0 Å². The number of aliphatic hydroxyl groups excluding tert-OH is 2. The Morgan fingerprint density at radius 1 is 0.722 bits per heavy atom. The fourth-order valence-corrected chi connectivity index (χ4v) is 4.94. The summed E-state index contributed by atoms with van der Waals surface area (Å²) in [6, 6.07) is 13.4. The molecule has 2 aliphatic rings. The summed E-state index contributed by atoms with van der Waals surface area (Å²) in [7, 11) is 0. The predicted octanol–water partition coefficient (Wildman–Crippen LogP) is 2.18. The number of pyridine rings is 1. The van der Waals surface area contributed by atoms with Crippen LogP contribution in [0.15, 0.2) is 42.5 Å². The van der Waals surface area contributed by atoms with Gasteiger partial charge >= 0.3 is 0 Å². The topological polar surface area (TPSA) is 118 Å². The second kappa shape index (κ2) is 10.9. The molecule has 190 valence electrons. The molecule has 9 heteroatoms. The highest BCUT2D eigenvalue weighted by molar-refractivity contribution is 5.99. The molecule has 3 aromatic rings. The molecule has 0 unspecified atom stereocenters. The van der Waals surface area contributed by atoms with E-state index in [9.17, 15) is 19.8 Å². The Balaban J connectivity index is 1.24. The van der Waals surface area contributed by atoms with Crippen molar-refractivity contribution in [2.45, 2.75) is 37.9 Å². The monoisotopic (exact) mass is 491 g/mol. The molecule has 0 radical (unpaired) electrons. The minimum Gasteiger partial charge on any atom is -0.393 e. The number of piperidine rings is 2. The molecule has 5 rings (SSSR count). The molecule has 1 aromatic heterocycles. The Labute approximate surface area is 210 Å². The Bertz CT molecular complexity index is 1160. The van der Waals surface area contributed by atoms with Gasteiger partial charge in [-0.1, -0.05) is 12.1 Å². The number of rotatable bonds is 6. The normalized spacial score (nSPS) is 18.5. The van der Waals surface area contributed by atoms with Crippen molar-refractivity contribution in [3.8, 4) is 0 Å². The van der Waals surface area contributed by atoms with Crippen LogP contribution in [0.25, 0.3) is 21.8 Å². The first kappa shape index (κ1) is 24.6. The average molecular weight is 492 g/mol. The van der Waals surface area contributed by atoms with Crippen LogP contribution in [-0.4, -0.2) is 88.3 Å². The van der Waals surface area contributed by atoms with Crippen molar-refractivity contribution in [3.63, 3.8) is 0 Å². The van der Waals surface area contributed by atoms with Gasteiger partial charge in [0.1, 0.15) is 0 Å². The molecule has 36 heavy (non-hydrogen) atoms. The molecule has 2 fully saturated rings. The van der Waals surface area contributed by atoms with E-state index in [-0.39, 0.29) is 24.0 Å². The zero-order valence-corrected chi connectivity index (χ0v) is 20.3. The lowest BCUT2D eigenvalue weighted by Gasteiger charge is -2.28. The molecule has 0 bridgehead atoms. The number of carbonyl (C=O) groups is 2. The van der Waals surface area contributed by atoms with Crippen LogP contribution < -0.4 is 10.6 Å². The lowest BCUT2D eigenvalue weighted by molar-refractivity contribution is -0.118. The van der Waals surface area contributed by atoms with E-state index in [1.807, 2.05) is 42.5 Å². The number of hydrogen-bond donors (Lipinski definition) is 4. The van der Waals surface area contributed by atoms with Crippen molar-refractivity contribution in [1.82, 2.24) is 14.8 Å². The number of carbonyl (C=O) groups excluding carboxylic acids is 2. The number of anilines is 2. The van der Waals surface area contributed by atoms with Crippen molar-refractivity contribution < 1.29 is 19.8 Å². The van der Waals surface area contributed by atoms with Crippen LogP contribution >= 0.6 is 0 Å². The van der Waals surface area contributed by atoms with Gasteiger partial charge in [0, 0.05) is 48.3 Å². The third-order valence-electron chi connectivity index (χ3n) is 7.03. The second-order valence-corrected chi connectivity index (χ2v) is 9.91. The lowest BCUT2D eigenvalue weighted by Crippen LogP contribution is -2.40. The van der Waals surface area contributed by atoms with Crippen LogP contribution in [0.2, 0.25) is 0 Å². The lowest BCUT2D eigenvalue weighted by atomic mass is 10.1. The predicted molar refractivity (Wildman–Crippen MR) is 140 cm³/mol. The van der Waals surface area contributed by atoms with E-state index in [1.54, 1.807) is 0 Å². The fourth-order valence-electron chi connectivity index (χ4n) is 4.94. The van der Waals surface area contributed by atoms with Gasteiger partial charge in [-0.3, -0.25) is 19.4 Å². The maximum Gasteiger partial charge on any atom is 0.238 e. The van der Waals surface area contributed by atoms with Crippen molar-refractivity contribution in [2.75, 3.05) is 49.9 Å². The first-order valence-electron chi connectivity index (χ1n) is 12.7. The summed E-state index contributed by atoms with van der Waals surface area (Å²) in [6.07, 6.45) is 2.28. The molecular weight excluding hydrogens is 458 g/mol. The van der Waals surface area contributed by atoms with E-state index < -0.39 is 0 Å². The first-order valence-corrected chi connectivity index (χ1v) is 12.7. The molecule has 0 spiro atoms. The van der Waals surface area contributed by atoms with E-state index in [1.165, 1.54) is 0 Å². The van der Waals surface area contributed by atoms with Gasteiger partial charge in [0.15, 0.2) is 0 Å². The van der Waals surface area contributed by atoms with Crippen LogP contribution in [0.5, 0.6) is 0 Å². The van der Waals surface area contributed by atoms with Gasteiger partial charge < -0.3 is 20.8 Å². The number of aliphatic hydroxyl groups is 2. The molecule has 2 saturated heterocycles. The number of nitrogens with zero attached hydrogens (tertiary/aromatic N) is 3. The number of benzene rings is 2. The molecular formula is C27H33N5O4. The van der Waals surface area contributed by atoms with E-state index in [0.717, 1.165) is 48.0 Å². The molecule has 2 amide bonds. The molecule has 0 saturated carbocycles. The fraction of sp³-hybridized carbons (Fsp3) is 0.444. The van der Waals surface area contributed by atoms with E-state index in [2.05, 4.69) is 20.4 Å². The summed E-state index contributed by atoms with van der Waals surface area (Å²) in [6.45, 7) is 3.49. The third-order valence-corrected chi connectivity index (χ3v) is 7.03. The highest BCUT2D eigenvalue weighted by atomic mass is 16.3. The molecule has 2 aromatic carbocycles. The van der Waals surface area contributed by atoms with E-state index in [4.69, 9.17) is 4.98 Å². The van der Waals surface area contributed by atoms with Gasteiger partial charge in [0.2, 0.25) is 11.8 Å². The number of aromatic nitrogens is 1. The highest BCUT2D eigenvalue weighted by Gasteiger charge is 2.20. The average Bonchev–Trinajstić information content (AvgIpc) is 2.85. The van der Waals surface area contributed by atoms with Crippen LogP contribution in [0.3, 0.4) is 0 Å². The molecule has 4 N–H and O–H groups in total. The maximum absolute atomic E-state index is 12.5. The van der Waals surface area contributed by atoms with Crippen LogP contribution in [0.1, 0.15) is 25.7 Å². The zero-order chi connectivity index (χ0) is 25.1. The van der Waals surface area contributed by atoms with Gasteiger partial charge in [-0.05, 0) is 56.0 Å². The van der Waals surface area contributed by atoms with Gasteiger partial charge in [-0.2, -0.15) is 0 Å². The molecule has 2 aliphatic heterocycles. The zero-order valence-electron chi connectivity index (χ0n) is 20.3. The third kappa shape index (κ3) is 6.17. The molecule has 9 nitrogen and oxygen atoms in total. The van der Waals surface area contributed by atoms with E-state index in [0.29, 0.717) is 50.1 Å². The highest BCUT2D eigenvalue weighted by Crippen LogP contribution is 2.25. The molecule has 0 atom stereocenters. The number of nitrogens with one attached hydrogen (secondary N) is 2. The first-order chi connectivity index (χ1) is 17.4. The van der Waals surface area contributed by atoms with Gasteiger partial charge in [0.05, 0.1) is 36.3 Å². The van der Waals surface area contributed by atoms with Crippen LogP contribution in [0, 0.1) is 0 Å². The Hall–Kier alpha value is -3.11.